The third-order valence-corrected chi connectivity index (χ3v) is 5.74. The van der Waals surface area contributed by atoms with Crippen LogP contribution in [0.15, 0.2) is 0 Å². The summed E-state index contributed by atoms with van der Waals surface area (Å²) in [5, 5.41) is 0. The fraction of sp³-hybridized carbons (Fsp3) is 0.933. The van der Waals surface area contributed by atoms with Crippen LogP contribution < -0.4 is 0 Å². The molecule has 90 valence electrons. The molecular formula is C15H24O. The molecule has 0 spiro atoms. The van der Waals surface area contributed by atoms with Gasteiger partial charge in [-0.05, 0) is 42.4 Å². The van der Waals surface area contributed by atoms with Crippen molar-refractivity contribution in [1.82, 2.24) is 0 Å². The SMILES string of the molecule is CC1CC(=O)C2C3CCCCCC3C2(C)C1. The molecule has 1 heteroatoms. The van der Waals surface area contributed by atoms with Gasteiger partial charge in [-0.1, -0.05) is 33.1 Å². The van der Waals surface area contributed by atoms with Gasteiger partial charge in [-0.25, -0.2) is 0 Å². The summed E-state index contributed by atoms with van der Waals surface area (Å²) in [5.74, 6) is 3.34. The lowest BCUT2D eigenvalue weighted by Crippen LogP contribution is -2.61. The summed E-state index contributed by atoms with van der Waals surface area (Å²) in [5.41, 5.74) is 0.393. The molecule has 3 aliphatic rings. The summed E-state index contributed by atoms with van der Waals surface area (Å²) in [4.78, 5) is 12.2. The number of hydrogen-bond donors (Lipinski definition) is 0. The lowest BCUT2D eigenvalue weighted by atomic mass is 9.41. The molecule has 3 aliphatic carbocycles. The molecule has 5 unspecified atom stereocenters. The van der Waals surface area contributed by atoms with Gasteiger partial charge in [-0.15, -0.1) is 0 Å². The number of hydrogen-bond acceptors (Lipinski definition) is 1. The Kier molecular flexibility index (Phi) is 2.42. The number of carbonyl (C=O) groups is 1. The van der Waals surface area contributed by atoms with Gasteiger partial charge in [-0.3, -0.25) is 4.79 Å². The maximum absolute atomic E-state index is 12.2. The van der Waals surface area contributed by atoms with Gasteiger partial charge >= 0.3 is 0 Å². The first kappa shape index (κ1) is 10.8. The molecule has 3 saturated carbocycles. The van der Waals surface area contributed by atoms with Gasteiger partial charge < -0.3 is 0 Å². The van der Waals surface area contributed by atoms with Crippen molar-refractivity contribution >= 4 is 5.78 Å². The van der Waals surface area contributed by atoms with Crippen molar-refractivity contribution < 1.29 is 4.79 Å². The molecular weight excluding hydrogens is 196 g/mol. The molecule has 0 bridgehead atoms. The van der Waals surface area contributed by atoms with Gasteiger partial charge in [0.05, 0.1) is 0 Å². The van der Waals surface area contributed by atoms with Crippen LogP contribution in [-0.2, 0) is 4.79 Å². The quantitative estimate of drug-likeness (QED) is 0.606. The monoisotopic (exact) mass is 220 g/mol. The first-order valence-corrected chi connectivity index (χ1v) is 7.15. The van der Waals surface area contributed by atoms with E-state index in [1.165, 1.54) is 38.5 Å². The highest BCUT2D eigenvalue weighted by Gasteiger charge is 2.62. The van der Waals surface area contributed by atoms with Crippen molar-refractivity contribution in [2.75, 3.05) is 0 Å². The van der Waals surface area contributed by atoms with Crippen LogP contribution >= 0.6 is 0 Å². The summed E-state index contributed by atoms with van der Waals surface area (Å²) in [6.45, 7) is 4.68. The van der Waals surface area contributed by atoms with Crippen LogP contribution in [0.2, 0.25) is 0 Å². The van der Waals surface area contributed by atoms with Crippen molar-refractivity contribution in [3.8, 4) is 0 Å². The third kappa shape index (κ3) is 1.33. The van der Waals surface area contributed by atoms with Crippen LogP contribution in [0.3, 0.4) is 0 Å². The van der Waals surface area contributed by atoms with Crippen LogP contribution in [-0.4, -0.2) is 5.78 Å². The smallest absolute Gasteiger partial charge is 0.137 e. The van der Waals surface area contributed by atoms with E-state index >= 15 is 0 Å². The van der Waals surface area contributed by atoms with E-state index in [4.69, 9.17) is 0 Å². The first-order valence-electron chi connectivity index (χ1n) is 7.15. The fourth-order valence-electron chi connectivity index (χ4n) is 5.33. The maximum Gasteiger partial charge on any atom is 0.137 e. The second-order valence-corrected chi connectivity index (χ2v) is 6.87. The van der Waals surface area contributed by atoms with Gasteiger partial charge in [0.15, 0.2) is 0 Å². The standard InChI is InChI=1S/C15H24O/c1-10-8-13(16)14-11-6-4-3-5-7-12(11)15(14,2)9-10/h10-12,14H,3-9H2,1-2H3. The summed E-state index contributed by atoms with van der Waals surface area (Å²) in [6, 6.07) is 0. The minimum Gasteiger partial charge on any atom is -0.299 e. The summed E-state index contributed by atoms with van der Waals surface area (Å²) in [6.07, 6.45) is 9.10. The summed E-state index contributed by atoms with van der Waals surface area (Å²) >= 11 is 0. The first-order chi connectivity index (χ1) is 7.63. The Morgan fingerprint density at radius 3 is 2.75 bits per heavy atom. The highest BCUT2D eigenvalue weighted by atomic mass is 16.1. The third-order valence-electron chi connectivity index (χ3n) is 5.74. The van der Waals surface area contributed by atoms with Crippen LogP contribution in [0.5, 0.6) is 0 Å². The zero-order valence-corrected chi connectivity index (χ0v) is 10.7. The van der Waals surface area contributed by atoms with Crippen LogP contribution in [0.4, 0.5) is 0 Å². The maximum atomic E-state index is 12.2. The molecule has 0 aliphatic heterocycles. The molecule has 1 nitrogen and oxygen atoms in total. The summed E-state index contributed by atoms with van der Waals surface area (Å²) < 4.78 is 0. The molecule has 3 rings (SSSR count). The van der Waals surface area contributed by atoms with Gasteiger partial charge in [0.25, 0.3) is 0 Å². The molecule has 0 amide bonds. The van der Waals surface area contributed by atoms with E-state index in [2.05, 4.69) is 13.8 Å². The van der Waals surface area contributed by atoms with Gasteiger partial charge in [-0.2, -0.15) is 0 Å². The van der Waals surface area contributed by atoms with E-state index in [1.807, 2.05) is 0 Å². The van der Waals surface area contributed by atoms with E-state index in [0.29, 0.717) is 23.0 Å². The second kappa shape index (κ2) is 3.58. The molecule has 0 heterocycles. The number of Topliss-reactive ketones (excluding diaryl/α,β-unsaturated/α-hetero) is 1. The normalized spacial score (nSPS) is 52.2. The average Bonchev–Trinajstić information content (AvgIpc) is 2.39. The highest BCUT2D eigenvalue weighted by Crippen LogP contribution is 2.65. The largest absolute Gasteiger partial charge is 0.299 e. The number of rotatable bonds is 0. The Balaban J connectivity index is 1.87. The Morgan fingerprint density at radius 1 is 1.19 bits per heavy atom. The zero-order chi connectivity index (χ0) is 11.3. The molecule has 0 N–H and O–H groups in total. The molecule has 3 fully saturated rings. The lowest BCUT2D eigenvalue weighted by Gasteiger charge is -2.63. The lowest BCUT2D eigenvalue weighted by molar-refractivity contribution is -0.173. The topological polar surface area (TPSA) is 17.1 Å². The predicted molar refractivity (Wildman–Crippen MR) is 65.1 cm³/mol. The van der Waals surface area contributed by atoms with Crippen molar-refractivity contribution in [3.63, 3.8) is 0 Å². The number of ketones is 1. The van der Waals surface area contributed by atoms with Gasteiger partial charge in [0.2, 0.25) is 0 Å². The van der Waals surface area contributed by atoms with Crippen molar-refractivity contribution in [2.45, 2.75) is 58.8 Å². The Bertz CT molecular complexity index is 309. The van der Waals surface area contributed by atoms with Crippen LogP contribution in [0.1, 0.15) is 58.8 Å². The molecule has 0 radical (unpaired) electrons. The van der Waals surface area contributed by atoms with Crippen LogP contribution in [0.25, 0.3) is 0 Å². The summed E-state index contributed by atoms with van der Waals surface area (Å²) in [7, 11) is 0. The highest BCUT2D eigenvalue weighted by molar-refractivity contribution is 5.84. The molecule has 0 aromatic heterocycles. The Hall–Kier alpha value is -0.330. The minimum absolute atomic E-state index is 0.393. The fourth-order valence-corrected chi connectivity index (χ4v) is 5.33. The number of carbonyl (C=O) groups excluding carboxylic acids is 1. The molecule has 0 aromatic rings. The second-order valence-electron chi connectivity index (χ2n) is 6.87. The molecule has 5 atom stereocenters. The van der Waals surface area contributed by atoms with Crippen LogP contribution in [0, 0.1) is 29.1 Å². The molecule has 0 aromatic carbocycles. The van der Waals surface area contributed by atoms with E-state index in [9.17, 15) is 4.79 Å². The van der Waals surface area contributed by atoms with E-state index in [1.54, 1.807) is 0 Å². The average molecular weight is 220 g/mol. The Morgan fingerprint density at radius 2 is 1.94 bits per heavy atom. The van der Waals surface area contributed by atoms with E-state index in [-0.39, 0.29) is 0 Å². The van der Waals surface area contributed by atoms with E-state index < -0.39 is 0 Å². The Labute approximate surface area is 99.0 Å². The number of fused-ring (bicyclic) bond motifs is 4. The van der Waals surface area contributed by atoms with Crippen molar-refractivity contribution in [2.24, 2.45) is 29.1 Å². The zero-order valence-electron chi connectivity index (χ0n) is 10.7. The van der Waals surface area contributed by atoms with Gasteiger partial charge in [0.1, 0.15) is 5.78 Å². The van der Waals surface area contributed by atoms with Crippen molar-refractivity contribution in [1.29, 1.82) is 0 Å². The van der Waals surface area contributed by atoms with Gasteiger partial charge in [0, 0.05) is 12.3 Å². The predicted octanol–water partition coefficient (Wildman–Crippen LogP) is 3.82. The van der Waals surface area contributed by atoms with E-state index in [0.717, 1.165) is 18.3 Å². The van der Waals surface area contributed by atoms with Crippen molar-refractivity contribution in [3.05, 3.63) is 0 Å². The minimum atomic E-state index is 0.393. The molecule has 16 heavy (non-hydrogen) atoms. The molecule has 0 saturated heterocycles.